The number of nitrogens with zero attached hydrogens (tertiary/aromatic N) is 2. The molecule has 3 aromatic rings. The van der Waals surface area contributed by atoms with Gasteiger partial charge in [-0.3, -0.25) is 9.78 Å². The highest BCUT2D eigenvalue weighted by Crippen LogP contribution is 2.45. The van der Waals surface area contributed by atoms with Crippen molar-refractivity contribution in [2.75, 3.05) is 24.6 Å². The molecule has 0 aliphatic carbocycles. The molecule has 2 N–H and O–H groups in total. The lowest BCUT2D eigenvalue weighted by molar-refractivity contribution is -0.160. The summed E-state index contributed by atoms with van der Waals surface area (Å²) >= 11 is 0. The van der Waals surface area contributed by atoms with E-state index in [1.54, 1.807) is 12.1 Å². The fourth-order valence-electron chi connectivity index (χ4n) is 5.62. The number of carboxylic acid groups (broad SMARTS) is 1. The van der Waals surface area contributed by atoms with Gasteiger partial charge in [0.05, 0.1) is 30.1 Å². The molecule has 9 heteroatoms. The minimum absolute atomic E-state index is 0.166. The van der Waals surface area contributed by atoms with Gasteiger partial charge in [-0.15, -0.1) is 0 Å². The van der Waals surface area contributed by atoms with E-state index in [4.69, 9.17) is 14.5 Å². The predicted molar refractivity (Wildman–Crippen MR) is 174 cm³/mol. The standard InChI is InChI=1S/C36H46FN3O5/c1-23-30(33(34(42)43)45-35(3,4)5)32(40-19-17-36(6,7)18-20-40)31(29(39-23)22-38-24(2)41)26-10-14-28(15-11-26)44-21-16-25-8-12-27(37)13-9-25/h8-15,33H,16-22H2,1-7H3,(H,38,41)(H,42,43). The van der Waals surface area contributed by atoms with Crippen molar-refractivity contribution in [2.24, 2.45) is 5.41 Å². The average Bonchev–Trinajstić information content (AvgIpc) is 2.96. The van der Waals surface area contributed by atoms with Crippen LogP contribution in [0.2, 0.25) is 0 Å². The molecule has 1 unspecified atom stereocenters. The van der Waals surface area contributed by atoms with Gasteiger partial charge in [0.25, 0.3) is 0 Å². The van der Waals surface area contributed by atoms with E-state index in [2.05, 4.69) is 24.1 Å². The molecule has 0 radical (unpaired) electrons. The Balaban J connectivity index is 1.81. The third-order valence-electron chi connectivity index (χ3n) is 8.08. The number of amides is 1. The van der Waals surface area contributed by atoms with Crippen molar-refractivity contribution in [3.05, 3.63) is 76.9 Å². The van der Waals surface area contributed by atoms with E-state index in [1.807, 2.05) is 52.0 Å². The summed E-state index contributed by atoms with van der Waals surface area (Å²) < 4.78 is 25.5. The highest BCUT2D eigenvalue weighted by atomic mass is 19.1. The molecule has 1 aliphatic rings. The second-order valence-corrected chi connectivity index (χ2v) is 13.5. The van der Waals surface area contributed by atoms with E-state index in [1.165, 1.54) is 19.1 Å². The van der Waals surface area contributed by atoms with Gasteiger partial charge >= 0.3 is 5.97 Å². The minimum Gasteiger partial charge on any atom is -0.493 e. The number of nitrogens with one attached hydrogen (secondary N) is 1. The lowest BCUT2D eigenvalue weighted by Gasteiger charge is -2.41. The number of carbonyl (C=O) groups is 2. The number of aromatic nitrogens is 1. The summed E-state index contributed by atoms with van der Waals surface area (Å²) in [5.41, 5.74) is 4.53. The summed E-state index contributed by atoms with van der Waals surface area (Å²) in [5, 5.41) is 13.4. The van der Waals surface area contributed by atoms with Gasteiger partial charge in [-0.1, -0.05) is 38.1 Å². The summed E-state index contributed by atoms with van der Waals surface area (Å²) in [6.45, 7) is 15.4. The molecule has 0 bridgehead atoms. The first kappa shape index (κ1) is 33.9. The van der Waals surface area contributed by atoms with Crippen molar-refractivity contribution >= 4 is 17.6 Å². The van der Waals surface area contributed by atoms with Crippen LogP contribution in [-0.2, 0) is 27.3 Å². The normalized spacial score (nSPS) is 15.4. The molecule has 2 heterocycles. The predicted octanol–water partition coefficient (Wildman–Crippen LogP) is 7.02. The Bertz CT molecular complexity index is 1490. The number of anilines is 1. The molecule has 1 aromatic heterocycles. The monoisotopic (exact) mass is 619 g/mol. The van der Waals surface area contributed by atoms with Gasteiger partial charge < -0.3 is 24.8 Å². The number of ether oxygens (including phenoxy) is 2. The first-order chi connectivity index (χ1) is 21.1. The lowest BCUT2D eigenvalue weighted by Crippen LogP contribution is -2.39. The van der Waals surface area contributed by atoms with Crippen molar-refractivity contribution in [2.45, 2.75) is 86.0 Å². The number of piperidine rings is 1. The zero-order valence-corrected chi connectivity index (χ0v) is 27.5. The van der Waals surface area contributed by atoms with E-state index >= 15 is 0 Å². The summed E-state index contributed by atoms with van der Waals surface area (Å²) in [6.07, 6.45) is 1.26. The topological polar surface area (TPSA) is 101 Å². The van der Waals surface area contributed by atoms with Crippen LogP contribution in [0.15, 0.2) is 48.5 Å². The second kappa shape index (κ2) is 14.0. The Labute approximate surface area is 266 Å². The molecular formula is C36H46FN3O5. The molecule has 242 valence electrons. The van der Waals surface area contributed by atoms with E-state index in [-0.39, 0.29) is 23.7 Å². The van der Waals surface area contributed by atoms with Gasteiger partial charge in [-0.25, -0.2) is 9.18 Å². The highest BCUT2D eigenvalue weighted by molar-refractivity contribution is 5.88. The Kier molecular flexibility index (Phi) is 10.5. The third-order valence-corrected chi connectivity index (χ3v) is 8.08. The Morgan fingerprint density at radius 3 is 2.24 bits per heavy atom. The van der Waals surface area contributed by atoms with Crippen LogP contribution < -0.4 is 15.0 Å². The SMILES string of the molecule is CC(=O)NCc1nc(C)c(C(OC(C)(C)C)C(=O)O)c(N2CCC(C)(C)CC2)c1-c1ccc(OCCc2ccc(F)cc2)cc1. The number of halogens is 1. The van der Waals surface area contributed by atoms with Crippen LogP contribution in [-0.4, -0.2) is 47.3 Å². The molecule has 1 amide bonds. The number of rotatable bonds is 11. The number of aliphatic carboxylic acids is 1. The summed E-state index contributed by atoms with van der Waals surface area (Å²) in [7, 11) is 0. The van der Waals surface area contributed by atoms with E-state index in [0.717, 1.165) is 48.3 Å². The van der Waals surface area contributed by atoms with Crippen LogP contribution in [0, 0.1) is 18.2 Å². The summed E-state index contributed by atoms with van der Waals surface area (Å²) in [5.74, 6) is -0.867. The van der Waals surface area contributed by atoms with Gasteiger partial charge in [-0.05, 0) is 81.3 Å². The second-order valence-electron chi connectivity index (χ2n) is 13.5. The number of hydrogen-bond acceptors (Lipinski definition) is 6. The number of carboxylic acids is 1. The summed E-state index contributed by atoms with van der Waals surface area (Å²) in [4.78, 5) is 32.0. The first-order valence-electron chi connectivity index (χ1n) is 15.5. The number of hydrogen-bond donors (Lipinski definition) is 2. The smallest absolute Gasteiger partial charge is 0.337 e. The maximum Gasteiger partial charge on any atom is 0.337 e. The van der Waals surface area contributed by atoms with Gasteiger partial charge in [0, 0.05) is 43.3 Å². The number of pyridine rings is 1. The molecule has 4 rings (SSSR count). The fourth-order valence-corrected chi connectivity index (χ4v) is 5.62. The highest BCUT2D eigenvalue weighted by Gasteiger charge is 2.37. The zero-order chi connectivity index (χ0) is 32.9. The van der Waals surface area contributed by atoms with Gasteiger partial charge in [0.2, 0.25) is 5.91 Å². The van der Waals surface area contributed by atoms with Crippen LogP contribution in [0.1, 0.15) is 83.0 Å². The van der Waals surface area contributed by atoms with E-state index in [9.17, 15) is 19.1 Å². The van der Waals surface area contributed by atoms with E-state index < -0.39 is 17.7 Å². The molecule has 2 aromatic carbocycles. The van der Waals surface area contributed by atoms with Crippen LogP contribution in [0.25, 0.3) is 11.1 Å². The fraction of sp³-hybridized carbons (Fsp3) is 0.472. The molecular weight excluding hydrogens is 573 g/mol. The Hall–Kier alpha value is -3.98. The quantitative estimate of drug-likeness (QED) is 0.238. The largest absolute Gasteiger partial charge is 0.493 e. The molecule has 1 fully saturated rings. The molecule has 0 spiro atoms. The van der Waals surface area contributed by atoms with Crippen molar-refractivity contribution in [1.29, 1.82) is 0 Å². The number of aryl methyl sites for hydroxylation is 1. The van der Waals surface area contributed by atoms with Gasteiger partial charge in [-0.2, -0.15) is 0 Å². The van der Waals surface area contributed by atoms with Crippen LogP contribution >= 0.6 is 0 Å². The lowest BCUT2D eigenvalue weighted by atomic mass is 9.81. The van der Waals surface area contributed by atoms with Crippen molar-refractivity contribution in [1.82, 2.24) is 10.3 Å². The zero-order valence-electron chi connectivity index (χ0n) is 27.5. The number of benzene rings is 2. The molecule has 45 heavy (non-hydrogen) atoms. The Morgan fingerprint density at radius 2 is 1.69 bits per heavy atom. The van der Waals surface area contributed by atoms with Crippen LogP contribution in [0.4, 0.5) is 10.1 Å². The first-order valence-corrected chi connectivity index (χ1v) is 15.5. The van der Waals surface area contributed by atoms with Crippen LogP contribution in [0.3, 0.4) is 0 Å². The average molecular weight is 620 g/mol. The maximum absolute atomic E-state index is 13.3. The van der Waals surface area contributed by atoms with Crippen LogP contribution in [0.5, 0.6) is 5.75 Å². The minimum atomic E-state index is -1.25. The van der Waals surface area contributed by atoms with E-state index in [0.29, 0.717) is 35.7 Å². The maximum atomic E-state index is 13.3. The third kappa shape index (κ3) is 9.03. The van der Waals surface area contributed by atoms with Gasteiger partial charge in [0.1, 0.15) is 11.6 Å². The molecule has 0 saturated carbocycles. The molecule has 1 atom stereocenters. The van der Waals surface area contributed by atoms with Crippen molar-refractivity contribution in [3.63, 3.8) is 0 Å². The Morgan fingerprint density at radius 1 is 1.07 bits per heavy atom. The van der Waals surface area contributed by atoms with Gasteiger partial charge in [0.15, 0.2) is 6.10 Å². The molecule has 8 nitrogen and oxygen atoms in total. The van der Waals surface area contributed by atoms with Crippen molar-refractivity contribution in [3.8, 4) is 16.9 Å². The van der Waals surface area contributed by atoms with Crippen molar-refractivity contribution < 1.29 is 28.6 Å². The molecule has 1 aliphatic heterocycles. The summed E-state index contributed by atoms with van der Waals surface area (Å²) in [6, 6.07) is 14.0. The number of carbonyl (C=O) groups excluding carboxylic acids is 1. The molecule has 1 saturated heterocycles.